The summed E-state index contributed by atoms with van der Waals surface area (Å²) < 4.78 is 1.62. The van der Waals surface area contributed by atoms with Gasteiger partial charge in [-0.1, -0.05) is 0 Å². The molecular formula is C5H6N4S. The van der Waals surface area contributed by atoms with Crippen LogP contribution in [0.15, 0.2) is 6.33 Å². The molecule has 0 aromatic carbocycles. The van der Waals surface area contributed by atoms with Crippen molar-refractivity contribution in [3.8, 4) is 6.07 Å². The fourth-order valence-corrected chi connectivity index (χ4v) is 0.838. The minimum Gasteiger partial charge on any atom is -0.218 e. The smallest absolute Gasteiger partial charge is 0.165 e. The molecular weight excluding hydrogens is 148 g/mol. The molecule has 0 fully saturated rings. The lowest BCUT2D eigenvalue weighted by Crippen LogP contribution is -1.88. The van der Waals surface area contributed by atoms with Crippen molar-refractivity contribution in [1.82, 2.24) is 14.2 Å². The Balaban J connectivity index is 2.70. The minimum absolute atomic E-state index is 0.285. The van der Waals surface area contributed by atoms with Gasteiger partial charge in [-0.2, -0.15) is 9.35 Å². The van der Waals surface area contributed by atoms with Crippen molar-refractivity contribution in [2.75, 3.05) is 6.26 Å². The summed E-state index contributed by atoms with van der Waals surface area (Å²) in [5.74, 6) is 0.580. The molecule has 0 aliphatic carbocycles. The summed E-state index contributed by atoms with van der Waals surface area (Å²) >= 11 is 1.45. The van der Waals surface area contributed by atoms with Gasteiger partial charge in [0.15, 0.2) is 5.82 Å². The average molecular weight is 154 g/mol. The lowest BCUT2D eigenvalue weighted by molar-refractivity contribution is 0.952. The lowest BCUT2D eigenvalue weighted by atomic mass is 10.5. The molecule has 1 aromatic rings. The Morgan fingerprint density at radius 2 is 2.70 bits per heavy atom. The molecule has 0 aliphatic heterocycles. The number of hydrogen-bond donors (Lipinski definition) is 0. The van der Waals surface area contributed by atoms with Crippen molar-refractivity contribution in [3.63, 3.8) is 0 Å². The highest BCUT2D eigenvalue weighted by Gasteiger charge is 1.96. The molecule has 0 N–H and O–H groups in total. The number of aromatic nitrogens is 3. The van der Waals surface area contributed by atoms with Crippen LogP contribution in [0.1, 0.15) is 5.82 Å². The zero-order chi connectivity index (χ0) is 7.40. The largest absolute Gasteiger partial charge is 0.218 e. The monoisotopic (exact) mass is 154 g/mol. The number of nitriles is 1. The molecule has 0 amide bonds. The Bertz CT molecular complexity index is 248. The second-order valence-electron chi connectivity index (χ2n) is 1.58. The first-order valence-corrected chi connectivity index (χ1v) is 3.87. The van der Waals surface area contributed by atoms with Gasteiger partial charge < -0.3 is 0 Å². The molecule has 5 heteroatoms. The Morgan fingerprint density at radius 3 is 3.20 bits per heavy atom. The molecule has 0 saturated carbocycles. The van der Waals surface area contributed by atoms with Gasteiger partial charge in [-0.25, -0.2) is 4.98 Å². The van der Waals surface area contributed by atoms with Crippen molar-refractivity contribution in [1.29, 1.82) is 5.26 Å². The van der Waals surface area contributed by atoms with E-state index in [1.165, 1.54) is 11.9 Å². The summed E-state index contributed by atoms with van der Waals surface area (Å²) in [6.45, 7) is 0. The Hall–Kier alpha value is -1.02. The highest BCUT2D eigenvalue weighted by Crippen LogP contribution is 1.97. The van der Waals surface area contributed by atoms with Crippen LogP contribution in [0, 0.1) is 11.3 Å². The number of nitrogens with zero attached hydrogens (tertiary/aromatic N) is 4. The maximum absolute atomic E-state index is 8.26. The van der Waals surface area contributed by atoms with Crippen molar-refractivity contribution >= 4 is 11.9 Å². The number of rotatable bonds is 2. The summed E-state index contributed by atoms with van der Waals surface area (Å²) in [4.78, 5) is 3.89. The maximum atomic E-state index is 8.26. The third-order valence-electron chi connectivity index (χ3n) is 0.944. The van der Waals surface area contributed by atoms with Crippen LogP contribution in [0.4, 0.5) is 0 Å². The van der Waals surface area contributed by atoms with Gasteiger partial charge in [-0.3, -0.25) is 0 Å². The summed E-state index contributed by atoms with van der Waals surface area (Å²) in [6.07, 6.45) is 3.77. The van der Waals surface area contributed by atoms with Crippen LogP contribution in [0.3, 0.4) is 0 Å². The summed E-state index contributed by atoms with van der Waals surface area (Å²) in [7, 11) is 0. The molecule has 1 heterocycles. The molecule has 0 aliphatic rings. The molecule has 10 heavy (non-hydrogen) atoms. The van der Waals surface area contributed by atoms with Gasteiger partial charge in [0.1, 0.15) is 6.33 Å². The Kier molecular flexibility index (Phi) is 2.29. The summed E-state index contributed by atoms with van der Waals surface area (Å²) in [6, 6.07) is 1.97. The lowest BCUT2D eigenvalue weighted by Gasteiger charge is -1.86. The predicted octanol–water partition coefficient (Wildman–Crippen LogP) is 0.470. The van der Waals surface area contributed by atoms with Gasteiger partial charge in [0.2, 0.25) is 0 Å². The molecule has 0 spiro atoms. The van der Waals surface area contributed by atoms with E-state index in [-0.39, 0.29) is 6.42 Å². The van der Waals surface area contributed by atoms with E-state index in [4.69, 9.17) is 5.26 Å². The Labute approximate surface area is 63.0 Å². The van der Waals surface area contributed by atoms with Crippen LogP contribution >= 0.6 is 11.9 Å². The van der Waals surface area contributed by atoms with Gasteiger partial charge >= 0.3 is 0 Å². The van der Waals surface area contributed by atoms with Crippen LogP contribution in [0.2, 0.25) is 0 Å². The van der Waals surface area contributed by atoms with Crippen molar-refractivity contribution in [2.24, 2.45) is 0 Å². The summed E-state index contributed by atoms with van der Waals surface area (Å²) in [5.41, 5.74) is 0. The van der Waals surface area contributed by atoms with E-state index in [0.717, 1.165) is 0 Å². The highest BCUT2D eigenvalue weighted by molar-refractivity contribution is 7.97. The van der Waals surface area contributed by atoms with Crippen molar-refractivity contribution in [2.45, 2.75) is 6.42 Å². The van der Waals surface area contributed by atoms with E-state index in [2.05, 4.69) is 10.1 Å². The van der Waals surface area contributed by atoms with E-state index >= 15 is 0 Å². The van der Waals surface area contributed by atoms with Crippen molar-refractivity contribution < 1.29 is 0 Å². The molecule has 0 atom stereocenters. The molecule has 1 rings (SSSR count). The van der Waals surface area contributed by atoms with Gasteiger partial charge in [-0.05, 0) is 11.9 Å². The second-order valence-corrected chi connectivity index (χ2v) is 2.32. The Morgan fingerprint density at radius 1 is 1.90 bits per heavy atom. The van der Waals surface area contributed by atoms with Gasteiger partial charge in [0, 0.05) is 6.26 Å². The first kappa shape index (κ1) is 7.09. The van der Waals surface area contributed by atoms with E-state index in [1.54, 1.807) is 10.4 Å². The van der Waals surface area contributed by atoms with E-state index in [0.29, 0.717) is 5.82 Å². The van der Waals surface area contributed by atoms with Crippen molar-refractivity contribution in [3.05, 3.63) is 12.2 Å². The molecule has 4 nitrogen and oxygen atoms in total. The third kappa shape index (κ3) is 1.48. The average Bonchev–Trinajstić information content (AvgIpc) is 2.37. The molecule has 0 unspecified atom stereocenters. The maximum Gasteiger partial charge on any atom is 0.165 e. The van der Waals surface area contributed by atoms with E-state index in [9.17, 15) is 0 Å². The zero-order valence-corrected chi connectivity index (χ0v) is 6.30. The molecule has 0 radical (unpaired) electrons. The standard InChI is InChI=1S/C5H6N4S/c1-10-9-4-7-5(8-9)2-3-6/h4H,2H2,1H3. The van der Waals surface area contributed by atoms with Crippen LogP contribution in [-0.4, -0.2) is 20.4 Å². The predicted molar refractivity (Wildman–Crippen MR) is 38.3 cm³/mol. The first-order valence-electron chi connectivity index (χ1n) is 2.69. The first-order chi connectivity index (χ1) is 4.86. The van der Waals surface area contributed by atoms with Gasteiger partial charge in [0.05, 0.1) is 12.5 Å². The SMILES string of the molecule is CSn1cnc(CC#N)n1. The third-order valence-corrected chi connectivity index (χ3v) is 1.49. The molecule has 52 valence electrons. The number of hydrogen-bond acceptors (Lipinski definition) is 4. The van der Waals surface area contributed by atoms with Gasteiger partial charge in [0.25, 0.3) is 0 Å². The minimum atomic E-state index is 0.285. The highest BCUT2D eigenvalue weighted by atomic mass is 32.2. The van der Waals surface area contributed by atoms with E-state index < -0.39 is 0 Å². The normalized spacial score (nSPS) is 9.20. The second kappa shape index (κ2) is 3.22. The fourth-order valence-electron chi connectivity index (χ4n) is 0.521. The molecule has 1 aromatic heterocycles. The van der Waals surface area contributed by atoms with Crippen LogP contribution in [0.25, 0.3) is 0 Å². The quantitative estimate of drug-likeness (QED) is 0.621. The van der Waals surface area contributed by atoms with Crippen LogP contribution in [0.5, 0.6) is 0 Å². The molecule has 0 bridgehead atoms. The van der Waals surface area contributed by atoms with Gasteiger partial charge in [-0.15, -0.1) is 5.10 Å². The topological polar surface area (TPSA) is 54.5 Å². The van der Waals surface area contributed by atoms with Crippen LogP contribution < -0.4 is 0 Å². The van der Waals surface area contributed by atoms with E-state index in [1.807, 2.05) is 12.3 Å². The summed E-state index contributed by atoms with van der Waals surface area (Å²) in [5, 5.41) is 12.2. The zero-order valence-electron chi connectivity index (χ0n) is 5.48. The fraction of sp³-hybridized carbons (Fsp3) is 0.400. The van der Waals surface area contributed by atoms with Crippen LogP contribution in [-0.2, 0) is 6.42 Å². The molecule has 0 saturated heterocycles.